The number of phenolic OH excluding ortho intramolecular Hbond substituents is 1. The van der Waals surface area contributed by atoms with Gasteiger partial charge < -0.3 is 27.2 Å². The van der Waals surface area contributed by atoms with Gasteiger partial charge in [0.15, 0.2) is 5.75 Å². The third-order valence-corrected chi connectivity index (χ3v) is 6.42. The number of nitrogens with zero attached hydrogens (tertiary/aromatic N) is 1. The number of sulfonamides is 1. The predicted molar refractivity (Wildman–Crippen MR) is 124 cm³/mol. The van der Waals surface area contributed by atoms with Crippen molar-refractivity contribution in [3.05, 3.63) is 45.4 Å². The minimum atomic E-state index is -4.28. The summed E-state index contributed by atoms with van der Waals surface area (Å²) in [6.45, 7) is 0.689. The Balaban J connectivity index is 0.000000890. The van der Waals surface area contributed by atoms with Crippen molar-refractivity contribution in [2.75, 3.05) is 23.8 Å². The Labute approximate surface area is 203 Å². The van der Waals surface area contributed by atoms with Gasteiger partial charge in [-0.05, 0) is 30.7 Å². The number of urea groups is 2. The Kier molecular flexibility index (Phi) is 9.36. The summed E-state index contributed by atoms with van der Waals surface area (Å²) in [5, 5.41) is 16.4. The highest BCUT2D eigenvalue weighted by atomic mass is 35.5. The normalized spacial score (nSPS) is 13.7. The van der Waals surface area contributed by atoms with Gasteiger partial charge in [-0.1, -0.05) is 40.9 Å². The number of carbonyl (C=O) groups excluding carboxylic acids is 2. The largest absolute Gasteiger partial charge is 0.504 e. The number of nitrogens with two attached hydrogens (primary N) is 2. The first-order valence-electron chi connectivity index (χ1n) is 8.93. The summed E-state index contributed by atoms with van der Waals surface area (Å²) in [7, 11) is -4.28. The minimum Gasteiger partial charge on any atom is -0.504 e. The maximum Gasteiger partial charge on any atom is 0.323 e. The van der Waals surface area contributed by atoms with Crippen LogP contribution in [0.2, 0.25) is 15.1 Å². The molecule has 16 heteroatoms. The lowest BCUT2D eigenvalue weighted by atomic mass is 10.3. The summed E-state index contributed by atoms with van der Waals surface area (Å²) in [5.74, 6) is -0.739. The molecule has 0 bridgehead atoms. The molecule has 0 spiro atoms. The third kappa shape index (κ3) is 7.50. The van der Waals surface area contributed by atoms with E-state index in [1.54, 1.807) is 12.1 Å². The van der Waals surface area contributed by atoms with E-state index in [0.717, 1.165) is 5.17 Å². The first-order chi connectivity index (χ1) is 15.4. The van der Waals surface area contributed by atoms with Crippen LogP contribution < -0.4 is 26.9 Å². The molecule has 0 unspecified atom stereocenters. The van der Waals surface area contributed by atoms with Crippen molar-refractivity contribution < 1.29 is 28.0 Å². The van der Waals surface area contributed by atoms with E-state index in [1.807, 2.05) is 0 Å². The molecule has 3 rings (SSSR count). The predicted octanol–water partition coefficient (Wildman–Crippen LogP) is 2.85. The van der Waals surface area contributed by atoms with Crippen molar-refractivity contribution in [2.24, 2.45) is 11.5 Å². The van der Waals surface area contributed by atoms with E-state index in [-0.39, 0.29) is 26.4 Å². The van der Waals surface area contributed by atoms with Crippen molar-refractivity contribution >= 4 is 68.3 Å². The van der Waals surface area contributed by atoms with Crippen LogP contribution in [-0.4, -0.2) is 43.9 Å². The number of hydroxylamine groups is 1. The van der Waals surface area contributed by atoms with Crippen molar-refractivity contribution in [1.29, 1.82) is 0 Å². The standard InChI is InChI=1S/C16H15Cl3N4O5S.CH4N2O/c17-9-3-1-4-11(13(9)19)20-16(25)21-12-6-5-10(18)15(14(12)24)29(26,27)22-23-7-2-8-28-23;2-1(3)4/h1,3-6,22,24H,2,7-8H2,(H2,20,21,25);(H4,2,3,4). The molecule has 1 saturated heterocycles. The van der Waals surface area contributed by atoms with Crippen molar-refractivity contribution in [3.8, 4) is 5.75 Å². The second-order valence-corrected chi connectivity index (χ2v) is 9.03. The molecule has 0 saturated carbocycles. The lowest BCUT2D eigenvalue weighted by Crippen LogP contribution is -2.39. The van der Waals surface area contributed by atoms with E-state index in [0.29, 0.717) is 19.6 Å². The molecule has 12 nitrogen and oxygen atoms in total. The number of phenols is 1. The average molecular weight is 542 g/mol. The third-order valence-electron chi connectivity index (χ3n) is 3.77. The number of amides is 4. The number of aromatic hydroxyl groups is 1. The highest BCUT2D eigenvalue weighted by Crippen LogP contribution is 2.37. The highest BCUT2D eigenvalue weighted by molar-refractivity contribution is 7.89. The molecular weight excluding hydrogens is 523 g/mol. The smallest absolute Gasteiger partial charge is 0.323 e. The Bertz CT molecular complexity index is 1140. The zero-order valence-electron chi connectivity index (χ0n) is 16.6. The van der Waals surface area contributed by atoms with Crippen LogP contribution in [0.5, 0.6) is 5.75 Å². The fourth-order valence-electron chi connectivity index (χ4n) is 2.48. The number of primary amides is 2. The first-order valence-corrected chi connectivity index (χ1v) is 11.6. The van der Waals surface area contributed by atoms with Crippen molar-refractivity contribution in [1.82, 2.24) is 10.0 Å². The summed E-state index contributed by atoms with van der Waals surface area (Å²) in [6, 6.07) is 5.51. The van der Waals surface area contributed by atoms with E-state index < -0.39 is 32.7 Å². The van der Waals surface area contributed by atoms with Crippen molar-refractivity contribution in [2.45, 2.75) is 11.3 Å². The van der Waals surface area contributed by atoms with Gasteiger partial charge in [0.1, 0.15) is 4.90 Å². The summed E-state index contributed by atoms with van der Waals surface area (Å²) in [6.07, 6.45) is 0.635. The molecule has 0 aromatic heterocycles. The SMILES string of the molecule is NC(N)=O.O=C(Nc1ccc(Cl)c(S(=O)(=O)NN2CCCO2)c1O)Nc1cccc(Cl)c1Cl. The number of nitrogens with one attached hydrogen (secondary N) is 3. The van der Waals surface area contributed by atoms with E-state index >= 15 is 0 Å². The summed E-state index contributed by atoms with van der Waals surface area (Å²) < 4.78 is 25.2. The average Bonchev–Trinajstić information content (AvgIpc) is 3.19. The highest BCUT2D eigenvalue weighted by Gasteiger charge is 2.29. The van der Waals surface area contributed by atoms with Gasteiger partial charge in [0, 0.05) is 6.54 Å². The summed E-state index contributed by atoms with van der Waals surface area (Å²) in [4.78, 5) is 27.9. The number of hydrogen-bond acceptors (Lipinski definition) is 7. The fourth-order valence-corrected chi connectivity index (χ4v) is 4.48. The Morgan fingerprint density at radius 3 is 2.27 bits per heavy atom. The molecule has 2 aromatic rings. The zero-order valence-corrected chi connectivity index (χ0v) is 19.7. The molecule has 33 heavy (non-hydrogen) atoms. The van der Waals surface area contributed by atoms with Crippen LogP contribution in [0, 0.1) is 0 Å². The molecule has 1 aliphatic heterocycles. The van der Waals surface area contributed by atoms with E-state index in [9.17, 15) is 18.3 Å². The minimum absolute atomic E-state index is 0.128. The number of carbonyl (C=O) groups is 2. The summed E-state index contributed by atoms with van der Waals surface area (Å²) >= 11 is 17.9. The van der Waals surface area contributed by atoms with Crippen LogP contribution in [0.15, 0.2) is 35.2 Å². The number of anilines is 2. The molecule has 1 fully saturated rings. The van der Waals surface area contributed by atoms with Crippen LogP contribution in [0.3, 0.4) is 0 Å². The van der Waals surface area contributed by atoms with Gasteiger partial charge in [0.2, 0.25) is 0 Å². The summed E-state index contributed by atoms with van der Waals surface area (Å²) in [5.41, 5.74) is 8.54. The van der Waals surface area contributed by atoms with Gasteiger partial charge >= 0.3 is 12.1 Å². The molecule has 8 N–H and O–H groups in total. The van der Waals surface area contributed by atoms with Crippen LogP contribution >= 0.6 is 34.8 Å². The molecular formula is C17H19Cl3N6O6S. The molecule has 0 aliphatic carbocycles. The number of hydrazine groups is 1. The molecule has 180 valence electrons. The Morgan fingerprint density at radius 1 is 1.03 bits per heavy atom. The molecule has 2 aromatic carbocycles. The Morgan fingerprint density at radius 2 is 1.67 bits per heavy atom. The van der Waals surface area contributed by atoms with Crippen LogP contribution in [0.25, 0.3) is 0 Å². The molecule has 1 aliphatic rings. The molecule has 0 radical (unpaired) electrons. The Hall–Kier alpha value is -2.52. The van der Waals surface area contributed by atoms with Gasteiger partial charge in [-0.25, -0.2) is 18.0 Å². The van der Waals surface area contributed by atoms with Gasteiger partial charge in [-0.3, -0.25) is 4.84 Å². The van der Waals surface area contributed by atoms with E-state index in [2.05, 4.69) is 26.9 Å². The second kappa shape index (κ2) is 11.6. The lowest BCUT2D eigenvalue weighted by Gasteiger charge is -2.18. The van der Waals surface area contributed by atoms with Gasteiger partial charge in [-0.2, -0.15) is 0 Å². The quantitative estimate of drug-likeness (QED) is 0.314. The topological polar surface area (TPSA) is 189 Å². The van der Waals surface area contributed by atoms with Gasteiger partial charge in [0.05, 0.1) is 33.0 Å². The fraction of sp³-hybridized carbons (Fsp3) is 0.176. The number of rotatable bonds is 5. The number of halogens is 3. The monoisotopic (exact) mass is 540 g/mol. The van der Waals surface area contributed by atoms with Gasteiger partial charge in [-0.15, -0.1) is 10.0 Å². The van der Waals surface area contributed by atoms with E-state index in [1.165, 1.54) is 18.2 Å². The van der Waals surface area contributed by atoms with Gasteiger partial charge in [0.25, 0.3) is 10.0 Å². The zero-order chi connectivity index (χ0) is 24.8. The van der Waals surface area contributed by atoms with Crippen LogP contribution in [-0.2, 0) is 14.9 Å². The maximum absolute atomic E-state index is 12.6. The first kappa shape index (κ1) is 26.7. The lowest BCUT2D eigenvalue weighted by molar-refractivity contribution is -0.129. The van der Waals surface area contributed by atoms with Crippen LogP contribution in [0.4, 0.5) is 21.0 Å². The van der Waals surface area contributed by atoms with E-state index in [4.69, 9.17) is 44.4 Å². The molecule has 0 atom stereocenters. The number of benzene rings is 2. The van der Waals surface area contributed by atoms with Crippen LogP contribution in [0.1, 0.15) is 6.42 Å². The second-order valence-electron chi connectivity index (χ2n) is 6.24. The molecule has 4 amide bonds. The molecule has 1 heterocycles. The van der Waals surface area contributed by atoms with Crippen molar-refractivity contribution in [3.63, 3.8) is 0 Å². The number of hydrogen-bond donors (Lipinski definition) is 6. The maximum atomic E-state index is 12.6.